The summed E-state index contributed by atoms with van der Waals surface area (Å²) in [5.74, 6) is 0.631. The number of anilines is 1. The van der Waals surface area contributed by atoms with Gasteiger partial charge in [-0.3, -0.25) is 13.9 Å². The normalized spacial score (nSPS) is 14.6. The zero-order valence-corrected chi connectivity index (χ0v) is 22.7. The maximum Gasteiger partial charge on any atom is 0.264 e. The number of sulfonamides is 1. The van der Waals surface area contributed by atoms with E-state index in [9.17, 15) is 18.0 Å². The lowest BCUT2D eigenvalue weighted by Crippen LogP contribution is -2.40. The van der Waals surface area contributed by atoms with Crippen molar-refractivity contribution in [3.63, 3.8) is 0 Å². The number of methoxy groups -OCH3 is 2. The Morgan fingerprint density at radius 1 is 1.03 bits per heavy atom. The van der Waals surface area contributed by atoms with E-state index in [1.54, 1.807) is 38.5 Å². The van der Waals surface area contributed by atoms with Crippen LogP contribution in [0.5, 0.6) is 11.5 Å². The first-order valence-corrected chi connectivity index (χ1v) is 13.9. The summed E-state index contributed by atoms with van der Waals surface area (Å²) < 4.78 is 39.0. The van der Waals surface area contributed by atoms with Gasteiger partial charge in [-0.15, -0.1) is 0 Å². The molecule has 0 saturated carbocycles. The van der Waals surface area contributed by atoms with Gasteiger partial charge >= 0.3 is 0 Å². The number of nitrogens with zero attached hydrogens (tertiary/aromatic N) is 1. The molecule has 1 heterocycles. The van der Waals surface area contributed by atoms with E-state index in [1.807, 2.05) is 18.2 Å². The Bertz CT molecular complexity index is 1470. The van der Waals surface area contributed by atoms with Gasteiger partial charge in [0.05, 0.1) is 30.8 Å². The van der Waals surface area contributed by atoms with Crippen molar-refractivity contribution < 1.29 is 27.5 Å². The molecule has 10 heteroatoms. The molecule has 0 radical (unpaired) electrons. The minimum absolute atomic E-state index is 0.0766. The maximum absolute atomic E-state index is 13.5. The van der Waals surface area contributed by atoms with Crippen LogP contribution in [0.1, 0.15) is 33.9 Å². The lowest BCUT2D eigenvalue weighted by Gasteiger charge is -2.35. The van der Waals surface area contributed by atoms with E-state index in [-0.39, 0.29) is 29.3 Å². The highest BCUT2D eigenvalue weighted by Gasteiger charge is 2.33. The molecular weight excluding hydrogens is 518 g/mol. The van der Waals surface area contributed by atoms with Crippen LogP contribution in [0.3, 0.4) is 0 Å². The lowest BCUT2D eigenvalue weighted by atomic mass is 9.98. The average molecular weight is 550 g/mol. The first-order chi connectivity index (χ1) is 18.8. The molecule has 0 saturated heterocycles. The average Bonchev–Trinajstić information content (AvgIpc) is 2.97. The van der Waals surface area contributed by atoms with Crippen LogP contribution in [-0.4, -0.2) is 47.5 Å². The van der Waals surface area contributed by atoms with Crippen LogP contribution in [0.2, 0.25) is 0 Å². The van der Waals surface area contributed by atoms with Gasteiger partial charge in [-0.1, -0.05) is 30.8 Å². The smallest absolute Gasteiger partial charge is 0.264 e. The Morgan fingerprint density at radius 3 is 2.44 bits per heavy atom. The van der Waals surface area contributed by atoms with Crippen molar-refractivity contribution in [2.45, 2.75) is 23.8 Å². The fraction of sp³-hybridized carbons (Fsp3) is 0.241. The van der Waals surface area contributed by atoms with Gasteiger partial charge in [-0.25, -0.2) is 8.42 Å². The number of amides is 2. The Kier molecular flexibility index (Phi) is 8.55. The molecule has 1 aliphatic heterocycles. The molecule has 0 aromatic heterocycles. The van der Waals surface area contributed by atoms with Crippen molar-refractivity contribution in [1.82, 2.24) is 10.6 Å². The summed E-state index contributed by atoms with van der Waals surface area (Å²) in [7, 11) is -0.756. The quantitative estimate of drug-likeness (QED) is 0.374. The van der Waals surface area contributed by atoms with Gasteiger partial charge in [0.1, 0.15) is 0 Å². The molecule has 3 aromatic rings. The Hall–Kier alpha value is -4.31. The van der Waals surface area contributed by atoms with Gasteiger partial charge in [0.2, 0.25) is 5.91 Å². The fourth-order valence-corrected chi connectivity index (χ4v) is 6.03. The molecule has 1 unspecified atom stereocenters. The highest BCUT2D eigenvalue weighted by atomic mass is 32.2. The van der Waals surface area contributed by atoms with Crippen LogP contribution in [0.4, 0.5) is 5.69 Å². The van der Waals surface area contributed by atoms with E-state index in [1.165, 1.54) is 34.6 Å². The van der Waals surface area contributed by atoms with Crippen molar-refractivity contribution in [1.29, 1.82) is 0 Å². The number of carbonyl (C=O) groups is 2. The zero-order valence-electron chi connectivity index (χ0n) is 21.8. The van der Waals surface area contributed by atoms with Crippen LogP contribution in [0.25, 0.3) is 0 Å². The second kappa shape index (κ2) is 12.0. The van der Waals surface area contributed by atoms with E-state index in [0.717, 1.165) is 5.56 Å². The molecule has 1 aliphatic rings. The van der Waals surface area contributed by atoms with Crippen molar-refractivity contribution in [2.75, 3.05) is 31.6 Å². The number of hydrogen-bond acceptors (Lipinski definition) is 6. The predicted octanol–water partition coefficient (Wildman–Crippen LogP) is 3.62. The second-order valence-electron chi connectivity index (χ2n) is 8.91. The molecule has 1 atom stereocenters. The minimum atomic E-state index is -3.89. The summed E-state index contributed by atoms with van der Waals surface area (Å²) in [5.41, 5.74) is 2.55. The fourth-order valence-electron chi connectivity index (χ4n) is 4.53. The van der Waals surface area contributed by atoms with E-state index < -0.39 is 10.0 Å². The van der Waals surface area contributed by atoms with Gasteiger partial charge < -0.3 is 20.1 Å². The maximum atomic E-state index is 13.5. The van der Waals surface area contributed by atoms with Crippen LogP contribution in [0, 0.1) is 0 Å². The van der Waals surface area contributed by atoms with E-state index >= 15 is 0 Å². The Labute approximate surface area is 228 Å². The number of ether oxygens (including phenoxy) is 2. The van der Waals surface area contributed by atoms with Gasteiger partial charge in [0.15, 0.2) is 11.5 Å². The lowest BCUT2D eigenvalue weighted by molar-refractivity contribution is -0.117. The minimum Gasteiger partial charge on any atom is -0.493 e. The van der Waals surface area contributed by atoms with Gasteiger partial charge in [-0.2, -0.15) is 0 Å². The third-order valence-electron chi connectivity index (χ3n) is 6.56. The Balaban J connectivity index is 1.43. The van der Waals surface area contributed by atoms with Gasteiger partial charge in [0.25, 0.3) is 15.9 Å². The zero-order chi connectivity index (χ0) is 28.0. The van der Waals surface area contributed by atoms with Crippen LogP contribution in [0.15, 0.2) is 84.3 Å². The predicted molar refractivity (Wildman–Crippen MR) is 149 cm³/mol. The third kappa shape index (κ3) is 6.06. The van der Waals surface area contributed by atoms with Gasteiger partial charge in [-0.05, 0) is 72.5 Å². The molecule has 0 fully saturated rings. The number of benzene rings is 3. The van der Waals surface area contributed by atoms with Gasteiger partial charge in [0, 0.05) is 18.7 Å². The molecule has 3 aromatic carbocycles. The standard InChI is InChI=1S/C29H31N3O6S/c1-4-28(33)31-24-16-18-32(25-8-6-5-7-23(24)25)39(35,36)22-12-10-21(11-13-22)29(34)30-17-15-20-9-14-26(37-2)27(19-20)38-3/h4-14,19,24H,1,15-18H2,2-3H3,(H,30,34)(H,31,33). The molecule has 4 rings (SSSR count). The SMILES string of the molecule is C=CC(=O)NC1CCN(S(=O)(=O)c2ccc(C(=O)NCCc3ccc(OC)c(OC)c3)cc2)c2ccccc21. The Morgan fingerprint density at radius 2 is 1.74 bits per heavy atom. The highest BCUT2D eigenvalue weighted by Crippen LogP contribution is 2.37. The molecule has 204 valence electrons. The number of rotatable bonds is 10. The number of para-hydroxylation sites is 1. The topological polar surface area (TPSA) is 114 Å². The molecular formula is C29H31N3O6S. The summed E-state index contributed by atoms with van der Waals surface area (Å²) in [6.45, 7) is 4.07. The van der Waals surface area contributed by atoms with E-state index in [2.05, 4.69) is 17.2 Å². The second-order valence-corrected chi connectivity index (χ2v) is 10.8. The molecule has 0 aliphatic carbocycles. The first-order valence-electron chi connectivity index (χ1n) is 12.4. The van der Waals surface area contributed by atoms with Crippen molar-refractivity contribution >= 4 is 27.5 Å². The van der Waals surface area contributed by atoms with Crippen LogP contribution in [-0.2, 0) is 21.2 Å². The molecule has 9 nitrogen and oxygen atoms in total. The van der Waals surface area contributed by atoms with Crippen molar-refractivity contribution in [3.8, 4) is 11.5 Å². The van der Waals surface area contributed by atoms with E-state index in [0.29, 0.717) is 47.7 Å². The molecule has 0 bridgehead atoms. The molecule has 39 heavy (non-hydrogen) atoms. The first kappa shape index (κ1) is 27.7. The third-order valence-corrected chi connectivity index (χ3v) is 8.38. The summed E-state index contributed by atoms with van der Waals surface area (Å²) in [6.07, 6.45) is 2.19. The number of hydrogen-bond donors (Lipinski definition) is 2. The highest BCUT2D eigenvalue weighted by molar-refractivity contribution is 7.92. The summed E-state index contributed by atoms with van der Waals surface area (Å²) in [5, 5.41) is 5.72. The summed E-state index contributed by atoms with van der Waals surface area (Å²) in [6, 6.07) is 18.2. The number of fused-ring (bicyclic) bond motifs is 1. The molecule has 2 amide bonds. The molecule has 2 N–H and O–H groups in total. The van der Waals surface area contributed by atoms with Crippen LogP contribution >= 0.6 is 0 Å². The van der Waals surface area contributed by atoms with Crippen LogP contribution < -0.4 is 24.4 Å². The molecule has 0 spiro atoms. The van der Waals surface area contributed by atoms with E-state index in [4.69, 9.17) is 9.47 Å². The number of nitrogens with one attached hydrogen (secondary N) is 2. The number of carbonyl (C=O) groups excluding carboxylic acids is 2. The largest absolute Gasteiger partial charge is 0.493 e. The van der Waals surface area contributed by atoms with Crippen molar-refractivity contribution in [2.24, 2.45) is 0 Å². The van der Waals surface area contributed by atoms with Crippen molar-refractivity contribution in [3.05, 3.63) is 96.1 Å². The monoisotopic (exact) mass is 549 g/mol. The summed E-state index contributed by atoms with van der Waals surface area (Å²) in [4.78, 5) is 24.6. The summed E-state index contributed by atoms with van der Waals surface area (Å²) >= 11 is 0.